The summed E-state index contributed by atoms with van der Waals surface area (Å²) in [5.41, 5.74) is 2.80. The molecular formula is C18H18BrNS. The van der Waals surface area contributed by atoms with Crippen molar-refractivity contribution < 1.29 is 0 Å². The average Bonchev–Trinajstić information content (AvgIpc) is 3.01. The quantitative estimate of drug-likeness (QED) is 0.628. The minimum atomic E-state index is 0.401. The van der Waals surface area contributed by atoms with E-state index in [2.05, 4.69) is 74.5 Å². The van der Waals surface area contributed by atoms with Crippen molar-refractivity contribution in [2.45, 2.75) is 18.9 Å². The lowest BCUT2D eigenvalue weighted by Crippen LogP contribution is -2.17. The summed E-state index contributed by atoms with van der Waals surface area (Å²) in [4.78, 5) is 0. The minimum Gasteiger partial charge on any atom is -0.313 e. The molecule has 0 radical (unpaired) electrons. The molecule has 0 fully saturated rings. The Balaban J connectivity index is 1.81. The number of rotatable bonds is 5. The van der Waals surface area contributed by atoms with E-state index in [-0.39, 0.29) is 0 Å². The van der Waals surface area contributed by atoms with Gasteiger partial charge in [-0.1, -0.05) is 34.1 Å². The lowest BCUT2D eigenvalue weighted by Gasteiger charge is -2.17. The zero-order valence-corrected chi connectivity index (χ0v) is 14.4. The van der Waals surface area contributed by atoms with Gasteiger partial charge in [-0.05, 0) is 76.8 Å². The first-order valence-corrected chi connectivity index (χ1v) is 8.87. The predicted octanol–water partition coefficient (Wildman–Crippen LogP) is 5.56. The van der Waals surface area contributed by atoms with Crippen LogP contribution in [0.25, 0.3) is 10.8 Å². The molecule has 1 aromatic heterocycles. The normalized spacial score (nSPS) is 12.7. The van der Waals surface area contributed by atoms with E-state index in [1.165, 1.54) is 21.9 Å². The van der Waals surface area contributed by atoms with Crippen LogP contribution in [-0.2, 0) is 6.42 Å². The Kier molecular flexibility index (Phi) is 4.73. The first-order chi connectivity index (χ1) is 10.3. The van der Waals surface area contributed by atoms with Crippen LogP contribution in [0.2, 0.25) is 0 Å². The first-order valence-electron chi connectivity index (χ1n) is 7.14. The minimum absolute atomic E-state index is 0.401. The highest BCUT2D eigenvalue weighted by Crippen LogP contribution is 2.26. The third-order valence-electron chi connectivity index (χ3n) is 3.88. The fraction of sp³-hybridized carbons (Fsp3) is 0.222. The van der Waals surface area contributed by atoms with Gasteiger partial charge < -0.3 is 5.32 Å². The molecule has 0 aliphatic rings. The lowest BCUT2D eigenvalue weighted by molar-refractivity contribution is 0.550. The topological polar surface area (TPSA) is 12.0 Å². The molecule has 1 nitrogen and oxygen atoms in total. The molecule has 0 amide bonds. The van der Waals surface area contributed by atoms with Crippen LogP contribution in [0, 0.1) is 0 Å². The Morgan fingerprint density at radius 3 is 2.67 bits per heavy atom. The van der Waals surface area contributed by atoms with Gasteiger partial charge in [0.1, 0.15) is 0 Å². The summed E-state index contributed by atoms with van der Waals surface area (Å²) in [7, 11) is 2.05. The molecule has 3 heteroatoms. The first kappa shape index (κ1) is 14.8. The van der Waals surface area contributed by atoms with Crippen LogP contribution in [0.15, 0.2) is 57.7 Å². The maximum Gasteiger partial charge on any atom is 0.0320 e. The van der Waals surface area contributed by atoms with Gasteiger partial charge in [0.15, 0.2) is 0 Å². The van der Waals surface area contributed by atoms with Crippen LogP contribution in [0.3, 0.4) is 0 Å². The van der Waals surface area contributed by atoms with E-state index in [1.807, 2.05) is 7.05 Å². The molecular weight excluding hydrogens is 342 g/mol. The van der Waals surface area contributed by atoms with Crippen molar-refractivity contribution in [3.63, 3.8) is 0 Å². The highest BCUT2D eigenvalue weighted by molar-refractivity contribution is 9.10. The van der Waals surface area contributed by atoms with Crippen molar-refractivity contribution in [1.29, 1.82) is 0 Å². The van der Waals surface area contributed by atoms with Crippen molar-refractivity contribution in [3.05, 3.63) is 68.8 Å². The summed E-state index contributed by atoms with van der Waals surface area (Å²) >= 11 is 5.30. The van der Waals surface area contributed by atoms with Crippen LogP contribution >= 0.6 is 27.3 Å². The number of aryl methyl sites for hydroxylation is 1. The molecule has 1 heterocycles. The number of thiophene rings is 1. The average molecular weight is 360 g/mol. The van der Waals surface area contributed by atoms with Crippen LogP contribution in [0.1, 0.15) is 23.6 Å². The van der Waals surface area contributed by atoms with E-state index < -0.39 is 0 Å². The van der Waals surface area contributed by atoms with Gasteiger partial charge in [-0.25, -0.2) is 0 Å². The molecule has 108 valence electrons. The number of benzene rings is 2. The summed E-state index contributed by atoms with van der Waals surface area (Å²) in [5.74, 6) is 0. The van der Waals surface area contributed by atoms with Crippen molar-refractivity contribution in [3.8, 4) is 0 Å². The molecule has 0 bridgehead atoms. The Morgan fingerprint density at radius 1 is 1.10 bits per heavy atom. The van der Waals surface area contributed by atoms with E-state index in [1.54, 1.807) is 11.3 Å². The summed E-state index contributed by atoms with van der Waals surface area (Å²) in [6, 6.07) is 15.8. The van der Waals surface area contributed by atoms with Crippen LogP contribution < -0.4 is 5.32 Å². The van der Waals surface area contributed by atoms with Crippen LogP contribution in [-0.4, -0.2) is 7.05 Å². The zero-order chi connectivity index (χ0) is 14.7. The van der Waals surface area contributed by atoms with Crippen LogP contribution in [0.5, 0.6) is 0 Å². The Bertz CT molecular complexity index is 721. The Hall–Kier alpha value is -1.16. The number of halogens is 1. The van der Waals surface area contributed by atoms with Gasteiger partial charge in [0.25, 0.3) is 0 Å². The molecule has 0 aliphatic carbocycles. The summed E-state index contributed by atoms with van der Waals surface area (Å²) in [5, 5.41) is 10.4. The SMILES string of the molecule is CNC(CCc1ccsc1)c1ccc2cc(Br)ccc2c1. The molecule has 0 saturated heterocycles. The molecule has 21 heavy (non-hydrogen) atoms. The number of hydrogen-bond donors (Lipinski definition) is 1. The fourth-order valence-electron chi connectivity index (χ4n) is 2.68. The molecule has 2 aromatic carbocycles. The highest BCUT2D eigenvalue weighted by Gasteiger charge is 2.10. The molecule has 0 aliphatic heterocycles. The van der Waals surface area contributed by atoms with Gasteiger partial charge in [0, 0.05) is 10.5 Å². The predicted molar refractivity (Wildman–Crippen MR) is 96.1 cm³/mol. The summed E-state index contributed by atoms with van der Waals surface area (Å²) in [6.45, 7) is 0. The molecule has 1 N–H and O–H groups in total. The Morgan fingerprint density at radius 2 is 1.90 bits per heavy atom. The van der Waals surface area contributed by atoms with Gasteiger partial charge in [0.05, 0.1) is 0 Å². The monoisotopic (exact) mass is 359 g/mol. The second-order valence-electron chi connectivity index (χ2n) is 5.26. The van der Waals surface area contributed by atoms with Gasteiger partial charge >= 0.3 is 0 Å². The lowest BCUT2D eigenvalue weighted by atomic mass is 9.97. The maximum atomic E-state index is 3.53. The zero-order valence-electron chi connectivity index (χ0n) is 12.0. The van der Waals surface area contributed by atoms with E-state index in [0.717, 1.165) is 17.3 Å². The third kappa shape index (κ3) is 3.54. The largest absolute Gasteiger partial charge is 0.313 e. The number of fused-ring (bicyclic) bond motifs is 1. The highest BCUT2D eigenvalue weighted by atomic mass is 79.9. The summed E-state index contributed by atoms with van der Waals surface area (Å²) in [6.07, 6.45) is 2.24. The third-order valence-corrected chi connectivity index (χ3v) is 5.10. The second-order valence-corrected chi connectivity index (χ2v) is 6.96. The fourth-order valence-corrected chi connectivity index (χ4v) is 3.76. The number of hydrogen-bond acceptors (Lipinski definition) is 2. The summed E-state index contributed by atoms with van der Waals surface area (Å²) < 4.78 is 1.13. The van der Waals surface area contributed by atoms with Crippen molar-refractivity contribution in [1.82, 2.24) is 5.32 Å². The molecule has 3 aromatic rings. The van der Waals surface area contributed by atoms with Gasteiger partial charge in [0.2, 0.25) is 0 Å². The maximum absolute atomic E-state index is 3.53. The van der Waals surface area contributed by atoms with Gasteiger partial charge in [-0.15, -0.1) is 0 Å². The molecule has 0 saturated carbocycles. The van der Waals surface area contributed by atoms with E-state index in [9.17, 15) is 0 Å². The van der Waals surface area contributed by atoms with Gasteiger partial charge in [-0.2, -0.15) is 11.3 Å². The Labute approximate surface area is 138 Å². The van der Waals surface area contributed by atoms with E-state index in [4.69, 9.17) is 0 Å². The molecule has 3 rings (SSSR count). The smallest absolute Gasteiger partial charge is 0.0320 e. The molecule has 1 atom stereocenters. The van der Waals surface area contributed by atoms with E-state index in [0.29, 0.717) is 6.04 Å². The van der Waals surface area contributed by atoms with Crippen LogP contribution in [0.4, 0.5) is 0 Å². The number of nitrogens with one attached hydrogen (secondary N) is 1. The molecule has 1 unspecified atom stereocenters. The standard InChI is InChI=1S/C18H18BrNS/c1-20-18(7-2-13-8-9-21-12-13)16-4-3-15-11-17(19)6-5-14(15)10-16/h3-6,8-12,18,20H,2,7H2,1H3. The van der Waals surface area contributed by atoms with Crippen molar-refractivity contribution >= 4 is 38.0 Å². The van der Waals surface area contributed by atoms with Gasteiger partial charge in [-0.3, -0.25) is 0 Å². The van der Waals surface area contributed by atoms with Crippen molar-refractivity contribution in [2.75, 3.05) is 7.05 Å². The molecule has 0 spiro atoms. The van der Waals surface area contributed by atoms with E-state index >= 15 is 0 Å². The second kappa shape index (κ2) is 6.73. The van der Waals surface area contributed by atoms with Crippen molar-refractivity contribution in [2.24, 2.45) is 0 Å².